The molecular formula is C21H19N3O2S. The van der Waals surface area contributed by atoms with E-state index in [-0.39, 0.29) is 16.7 Å². The van der Waals surface area contributed by atoms with Gasteiger partial charge >= 0.3 is 0 Å². The van der Waals surface area contributed by atoms with E-state index in [0.717, 1.165) is 16.8 Å². The highest BCUT2D eigenvalue weighted by molar-refractivity contribution is 7.80. The third kappa shape index (κ3) is 4.68. The Kier molecular flexibility index (Phi) is 5.78. The molecule has 27 heavy (non-hydrogen) atoms. The van der Waals surface area contributed by atoms with E-state index >= 15 is 0 Å². The number of nitrogens with one attached hydrogen (secondary N) is 2. The van der Waals surface area contributed by atoms with Crippen LogP contribution in [0.2, 0.25) is 0 Å². The lowest BCUT2D eigenvalue weighted by Gasteiger charge is -2.17. The van der Waals surface area contributed by atoms with Gasteiger partial charge in [-0.1, -0.05) is 54.6 Å². The quantitative estimate of drug-likeness (QED) is 0.358. The van der Waals surface area contributed by atoms with Crippen molar-refractivity contribution in [2.75, 3.05) is 5.32 Å². The second-order valence-electron chi connectivity index (χ2n) is 6.08. The van der Waals surface area contributed by atoms with Crippen molar-refractivity contribution >= 4 is 28.7 Å². The first kappa shape index (κ1) is 18.5. The van der Waals surface area contributed by atoms with Gasteiger partial charge in [0, 0.05) is 11.8 Å². The van der Waals surface area contributed by atoms with Gasteiger partial charge in [-0.2, -0.15) is 0 Å². The molecule has 0 bridgehead atoms. The van der Waals surface area contributed by atoms with E-state index in [2.05, 4.69) is 10.6 Å². The summed E-state index contributed by atoms with van der Waals surface area (Å²) in [6.45, 7) is 2.04. The van der Waals surface area contributed by atoms with E-state index in [4.69, 9.17) is 12.2 Å². The Bertz CT molecular complexity index is 943. The Morgan fingerprint density at radius 1 is 0.963 bits per heavy atom. The summed E-state index contributed by atoms with van der Waals surface area (Å²) in [5.74, 6) is 0. The third-order valence-electron chi connectivity index (χ3n) is 4.20. The molecule has 3 aromatic rings. The minimum Gasteiger partial charge on any atom is -0.356 e. The molecule has 0 aliphatic heterocycles. The molecule has 0 radical (unpaired) electrons. The molecule has 0 aromatic heterocycles. The summed E-state index contributed by atoms with van der Waals surface area (Å²) in [4.78, 5) is 10.8. The fourth-order valence-electron chi connectivity index (χ4n) is 2.80. The highest BCUT2D eigenvalue weighted by atomic mass is 32.1. The third-order valence-corrected chi connectivity index (χ3v) is 4.42. The van der Waals surface area contributed by atoms with Crippen LogP contribution in [0.1, 0.15) is 18.5 Å². The van der Waals surface area contributed by atoms with Crippen molar-refractivity contribution in [3.8, 4) is 11.1 Å². The molecule has 1 atom stereocenters. The molecule has 5 nitrogen and oxygen atoms in total. The van der Waals surface area contributed by atoms with E-state index in [0.29, 0.717) is 10.7 Å². The first-order valence-electron chi connectivity index (χ1n) is 8.51. The molecular weight excluding hydrogens is 358 g/mol. The highest BCUT2D eigenvalue weighted by Gasteiger charge is 2.14. The molecule has 0 saturated heterocycles. The van der Waals surface area contributed by atoms with Crippen molar-refractivity contribution in [2.24, 2.45) is 0 Å². The van der Waals surface area contributed by atoms with Crippen molar-refractivity contribution in [3.63, 3.8) is 0 Å². The van der Waals surface area contributed by atoms with Gasteiger partial charge in [-0.25, -0.2) is 0 Å². The Labute approximate surface area is 163 Å². The zero-order chi connectivity index (χ0) is 19.2. The van der Waals surface area contributed by atoms with E-state index in [1.54, 1.807) is 18.2 Å². The van der Waals surface area contributed by atoms with Gasteiger partial charge in [-0.15, -0.1) is 0 Å². The predicted molar refractivity (Wildman–Crippen MR) is 113 cm³/mol. The van der Waals surface area contributed by atoms with Gasteiger partial charge in [0.05, 0.1) is 16.5 Å². The average molecular weight is 377 g/mol. The standard InChI is InChI=1S/C21H19N3O2S/c1-15(16-7-3-2-4-8-16)22-21(27)23-18-13-11-17(12-14-18)19-9-5-6-10-20(19)24(25)26/h2-15H,1H3,(H2,22,23,27). The Morgan fingerprint density at radius 2 is 1.59 bits per heavy atom. The topological polar surface area (TPSA) is 67.2 Å². The molecule has 0 saturated carbocycles. The van der Waals surface area contributed by atoms with Crippen molar-refractivity contribution in [1.29, 1.82) is 0 Å². The normalized spacial score (nSPS) is 11.4. The van der Waals surface area contributed by atoms with Crippen LogP contribution in [0.25, 0.3) is 11.1 Å². The zero-order valence-electron chi connectivity index (χ0n) is 14.8. The van der Waals surface area contributed by atoms with Gasteiger partial charge in [0.25, 0.3) is 5.69 Å². The number of para-hydroxylation sites is 1. The summed E-state index contributed by atoms with van der Waals surface area (Å²) >= 11 is 5.38. The maximum Gasteiger partial charge on any atom is 0.277 e. The minimum absolute atomic E-state index is 0.0810. The van der Waals surface area contributed by atoms with E-state index in [9.17, 15) is 10.1 Å². The summed E-state index contributed by atoms with van der Waals surface area (Å²) in [6, 6.07) is 24.2. The molecule has 0 spiro atoms. The summed E-state index contributed by atoms with van der Waals surface area (Å²) in [5.41, 5.74) is 3.42. The van der Waals surface area contributed by atoms with Gasteiger partial charge < -0.3 is 10.6 Å². The van der Waals surface area contributed by atoms with Crippen molar-refractivity contribution in [1.82, 2.24) is 5.32 Å². The summed E-state index contributed by atoms with van der Waals surface area (Å²) in [7, 11) is 0. The molecule has 0 heterocycles. The molecule has 3 rings (SSSR count). The molecule has 136 valence electrons. The zero-order valence-corrected chi connectivity index (χ0v) is 15.6. The smallest absolute Gasteiger partial charge is 0.277 e. The van der Waals surface area contributed by atoms with Crippen LogP contribution in [0.4, 0.5) is 11.4 Å². The maximum atomic E-state index is 11.2. The second kappa shape index (κ2) is 8.42. The van der Waals surface area contributed by atoms with Gasteiger partial charge in [-0.3, -0.25) is 10.1 Å². The number of thiocarbonyl (C=S) groups is 1. The monoisotopic (exact) mass is 377 g/mol. The van der Waals surface area contributed by atoms with Crippen molar-refractivity contribution in [2.45, 2.75) is 13.0 Å². The number of anilines is 1. The second-order valence-corrected chi connectivity index (χ2v) is 6.49. The SMILES string of the molecule is CC(NC(=S)Nc1ccc(-c2ccccc2[N+](=O)[O-])cc1)c1ccccc1. The minimum atomic E-state index is -0.370. The fraction of sp³-hybridized carbons (Fsp3) is 0.0952. The van der Waals surface area contributed by atoms with E-state index in [1.165, 1.54) is 6.07 Å². The Morgan fingerprint density at radius 3 is 2.26 bits per heavy atom. The van der Waals surface area contributed by atoms with Crippen molar-refractivity contribution < 1.29 is 4.92 Å². The van der Waals surface area contributed by atoms with Crippen LogP contribution in [-0.4, -0.2) is 10.0 Å². The van der Waals surface area contributed by atoms with Crippen LogP contribution in [0.5, 0.6) is 0 Å². The molecule has 0 aliphatic rings. The largest absolute Gasteiger partial charge is 0.356 e. The lowest BCUT2D eigenvalue weighted by Crippen LogP contribution is -2.30. The van der Waals surface area contributed by atoms with Crippen LogP contribution < -0.4 is 10.6 Å². The first-order chi connectivity index (χ1) is 13.0. The Hall–Kier alpha value is -3.25. The number of nitrogens with zero attached hydrogens (tertiary/aromatic N) is 1. The number of nitro benzene ring substituents is 1. The maximum absolute atomic E-state index is 11.2. The summed E-state index contributed by atoms with van der Waals surface area (Å²) in [5, 5.41) is 18.1. The molecule has 1 unspecified atom stereocenters. The average Bonchev–Trinajstić information content (AvgIpc) is 2.69. The number of hydrogen-bond acceptors (Lipinski definition) is 3. The van der Waals surface area contributed by atoms with E-state index in [1.807, 2.05) is 61.5 Å². The summed E-state index contributed by atoms with van der Waals surface area (Å²) < 4.78 is 0. The van der Waals surface area contributed by atoms with Crippen LogP contribution in [0, 0.1) is 10.1 Å². The molecule has 0 fully saturated rings. The van der Waals surface area contributed by atoms with Crippen LogP contribution in [0.15, 0.2) is 78.9 Å². The summed E-state index contributed by atoms with van der Waals surface area (Å²) in [6.07, 6.45) is 0. The Balaban J connectivity index is 1.68. The van der Waals surface area contributed by atoms with Crippen LogP contribution in [0.3, 0.4) is 0 Å². The van der Waals surface area contributed by atoms with Gasteiger partial charge in [0.2, 0.25) is 0 Å². The highest BCUT2D eigenvalue weighted by Crippen LogP contribution is 2.30. The molecule has 6 heteroatoms. The predicted octanol–water partition coefficient (Wildman–Crippen LogP) is 5.31. The lowest BCUT2D eigenvalue weighted by molar-refractivity contribution is -0.384. The molecule has 3 aromatic carbocycles. The number of benzene rings is 3. The first-order valence-corrected chi connectivity index (χ1v) is 8.92. The lowest BCUT2D eigenvalue weighted by atomic mass is 10.0. The van der Waals surface area contributed by atoms with Crippen LogP contribution >= 0.6 is 12.2 Å². The number of hydrogen-bond donors (Lipinski definition) is 2. The number of rotatable bonds is 5. The molecule has 0 amide bonds. The van der Waals surface area contributed by atoms with E-state index < -0.39 is 0 Å². The number of nitro groups is 1. The van der Waals surface area contributed by atoms with Gasteiger partial charge in [0.15, 0.2) is 5.11 Å². The van der Waals surface area contributed by atoms with Crippen molar-refractivity contribution in [3.05, 3.63) is 94.5 Å². The van der Waals surface area contributed by atoms with Gasteiger partial charge in [0.1, 0.15) is 0 Å². The van der Waals surface area contributed by atoms with Gasteiger partial charge in [-0.05, 0) is 48.5 Å². The molecule has 0 aliphatic carbocycles. The molecule has 2 N–H and O–H groups in total. The fourth-order valence-corrected chi connectivity index (χ4v) is 3.09. The van der Waals surface area contributed by atoms with Crippen LogP contribution in [-0.2, 0) is 0 Å².